The van der Waals surface area contributed by atoms with Crippen LogP contribution in [0.3, 0.4) is 0 Å². The fourth-order valence-corrected chi connectivity index (χ4v) is 9.65. The van der Waals surface area contributed by atoms with Crippen LogP contribution in [0, 0.1) is 0 Å². The van der Waals surface area contributed by atoms with Gasteiger partial charge in [-0.25, -0.2) is 0 Å². The summed E-state index contributed by atoms with van der Waals surface area (Å²) >= 11 is 0. The molecule has 0 amide bonds. The molecule has 0 aromatic rings. The van der Waals surface area contributed by atoms with Crippen molar-refractivity contribution in [3.05, 3.63) is 60.8 Å². The summed E-state index contributed by atoms with van der Waals surface area (Å²) in [6.45, 7) is 6.57. The maximum atomic E-state index is 12.9. The number of ether oxygens (including phenoxy) is 3. The Kier molecular flexibility index (Phi) is 61.2. The van der Waals surface area contributed by atoms with Crippen molar-refractivity contribution in [2.45, 2.75) is 348 Å². The molecule has 1 unspecified atom stereocenters. The number of carbonyl (C=O) groups excluding carboxylic acids is 3. The van der Waals surface area contributed by atoms with Crippen molar-refractivity contribution in [3.8, 4) is 0 Å². The van der Waals surface area contributed by atoms with Gasteiger partial charge in [0.15, 0.2) is 6.10 Å². The SMILES string of the molecule is CC/C=C\C/C=C\C/C=C\C/C=C\C/C=C\CCCCCCCCCCCCCCCCCC(=O)OCC(COC(=O)CCCCCCCCCCCCCCC)OC(=O)CCCCCCCCCCCCCCC. The number of carbonyl (C=O) groups is 3. The topological polar surface area (TPSA) is 78.9 Å². The standard InChI is InChI=1S/C69H124O6/c1-4-7-10-13-16-19-22-25-26-27-28-29-30-31-32-33-34-35-36-37-38-39-40-41-42-45-47-50-53-56-59-62-68(71)74-65-66(75-69(72)63-60-57-54-51-48-44-24-21-18-15-12-9-6-3)64-73-67(70)61-58-55-52-49-46-43-23-20-17-14-11-8-5-2/h7,10,16,19,25-26,28-29,31-32,66H,4-6,8-9,11-15,17-18,20-24,27,30,33-65H2,1-3H3/b10-7-,19-16-,26-25-,29-28-,32-31-. The first-order valence-corrected chi connectivity index (χ1v) is 32.8. The minimum atomic E-state index is -0.768. The van der Waals surface area contributed by atoms with Crippen molar-refractivity contribution < 1.29 is 28.6 Å². The molecule has 6 nitrogen and oxygen atoms in total. The van der Waals surface area contributed by atoms with Gasteiger partial charge in [-0.15, -0.1) is 0 Å². The largest absolute Gasteiger partial charge is 0.462 e. The summed E-state index contributed by atoms with van der Waals surface area (Å²) in [5.74, 6) is -0.846. The van der Waals surface area contributed by atoms with Gasteiger partial charge < -0.3 is 14.2 Å². The highest BCUT2D eigenvalue weighted by molar-refractivity contribution is 5.71. The van der Waals surface area contributed by atoms with E-state index in [0.717, 1.165) is 89.9 Å². The molecule has 0 heterocycles. The summed E-state index contributed by atoms with van der Waals surface area (Å²) in [5, 5.41) is 0. The lowest BCUT2D eigenvalue weighted by Crippen LogP contribution is -2.30. The van der Waals surface area contributed by atoms with Crippen LogP contribution in [0.2, 0.25) is 0 Å². The summed E-state index contributed by atoms with van der Waals surface area (Å²) < 4.78 is 16.9. The average Bonchev–Trinajstić information content (AvgIpc) is 3.41. The second-order valence-electron chi connectivity index (χ2n) is 22.0. The van der Waals surface area contributed by atoms with E-state index in [1.54, 1.807) is 0 Å². The first-order chi connectivity index (χ1) is 37.0. The highest BCUT2D eigenvalue weighted by atomic mass is 16.6. The summed E-state index contributed by atoms with van der Waals surface area (Å²) in [6.07, 6.45) is 81.0. The van der Waals surface area contributed by atoms with Crippen molar-refractivity contribution in [2.75, 3.05) is 13.2 Å². The quantitative estimate of drug-likeness (QED) is 0.0261. The van der Waals surface area contributed by atoms with E-state index in [0.29, 0.717) is 19.3 Å². The van der Waals surface area contributed by atoms with Crippen LogP contribution in [-0.4, -0.2) is 37.2 Å². The zero-order valence-corrected chi connectivity index (χ0v) is 50.1. The molecule has 436 valence electrons. The first-order valence-electron chi connectivity index (χ1n) is 32.8. The van der Waals surface area contributed by atoms with Crippen molar-refractivity contribution in [1.82, 2.24) is 0 Å². The molecule has 0 fully saturated rings. The second-order valence-corrected chi connectivity index (χ2v) is 22.0. The molecule has 0 aliphatic heterocycles. The van der Waals surface area contributed by atoms with E-state index in [1.807, 2.05) is 0 Å². The maximum Gasteiger partial charge on any atom is 0.306 e. The van der Waals surface area contributed by atoms with Gasteiger partial charge in [0, 0.05) is 19.3 Å². The van der Waals surface area contributed by atoms with Crippen molar-refractivity contribution in [2.24, 2.45) is 0 Å². The Morgan fingerprint density at radius 2 is 0.520 bits per heavy atom. The minimum absolute atomic E-state index is 0.0671. The molecule has 0 aliphatic carbocycles. The number of unbranched alkanes of at least 4 members (excludes halogenated alkanes) is 39. The molecule has 0 aromatic heterocycles. The van der Waals surface area contributed by atoms with Gasteiger partial charge in [0.1, 0.15) is 13.2 Å². The highest BCUT2D eigenvalue weighted by Crippen LogP contribution is 2.18. The molecular formula is C69H124O6. The third-order valence-electron chi connectivity index (χ3n) is 14.5. The number of allylic oxidation sites excluding steroid dienone is 10. The molecule has 1 atom stereocenters. The zero-order chi connectivity index (χ0) is 54.3. The van der Waals surface area contributed by atoms with Gasteiger partial charge >= 0.3 is 17.9 Å². The van der Waals surface area contributed by atoms with Gasteiger partial charge in [0.2, 0.25) is 0 Å². The Balaban J connectivity index is 4.13. The summed E-state index contributed by atoms with van der Waals surface area (Å²) in [6, 6.07) is 0. The Bertz CT molecular complexity index is 1340. The van der Waals surface area contributed by atoms with Crippen LogP contribution in [0.1, 0.15) is 342 Å². The van der Waals surface area contributed by atoms with Crippen molar-refractivity contribution in [1.29, 1.82) is 0 Å². The fourth-order valence-electron chi connectivity index (χ4n) is 9.65. The molecule has 0 aromatic carbocycles. The van der Waals surface area contributed by atoms with Crippen LogP contribution in [0.25, 0.3) is 0 Å². The Labute approximate surface area is 466 Å². The van der Waals surface area contributed by atoms with Gasteiger partial charge in [0.05, 0.1) is 0 Å². The normalized spacial score (nSPS) is 12.4. The summed E-state index contributed by atoms with van der Waals surface area (Å²) in [7, 11) is 0. The van der Waals surface area contributed by atoms with E-state index < -0.39 is 6.10 Å². The molecular weight excluding hydrogens is 925 g/mol. The van der Waals surface area contributed by atoms with Gasteiger partial charge in [0.25, 0.3) is 0 Å². The molecule has 0 radical (unpaired) electrons. The van der Waals surface area contributed by atoms with Gasteiger partial charge in [-0.1, -0.05) is 319 Å². The average molecular weight is 1050 g/mol. The molecule has 0 bridgehead atoms. The second kappa shape index (κ2) is 63.6. The van der Waals surface area contributed by atoms with Gasteiger partial charge in [-0.2, -0.15) is 0 Å². The lowest BCUT2D eigenvalue weighted by molar-refractivity contribution is -0.167. The fraction of sp³-hybridized carbons (Fsp3) is 0.812. The Morgan fingerprint density at radius 3 is 0.813 bits per heavy atom. The third-order valence-corrected chi connectivity index (χ3v) is 14.5. The highest BCUT2D eigenvalue weighted by Gasteiger charge is 2.19. The number of hydrogen-bond donors (Lipinski definition) is 0. The van der Waals surface area contributed by atoms with E-state index in [9.17, 15) is 14.4 Å². The molecule has 0 saturated heterocycles. The van der Waals surface area contributed by atoms with Crippen LogP contribution in [-0.2, 0) is 28.6 Å². The number of esters is 3. The van der Waals surface area contributed by atoms with Gasteiger partial charge in [-0.05, 0) is 64.2 Å². The molecule has 0 saturated carbocycles. The molecule has 75 heavy (non-hydrogen) atoms. The van der Waals surface area contributed by atoms with Crippen LogP contribution in [0.5, 0.6) is 0 Å². The van der Waals surface area contributed by atoms with Crippen molar-refractivity contribution in [3.63, 3.8) is 0 Å². The molecule has 0 aliphatic rings. The van der Waals surface area contributed by atoms with Crippen LogP contribution >= 0.6 is 0 Å². The first kappa shape index (κ1) is 72.1. The number of rotatable bonds is 60. The van der Waals surface area contributed by atoms with Crippen molar-refractivity contribution >= 4 is 17.9 Å². The van der Waals surface area contributed by atoms with E-state index >= 15 is 0 Å². The maximum absolute atomic E-state index is 12.9. The van der Waals surface area contributed by atoms with Crippen LogP contribution < -0.4 is 0 Å². The number of hydrogen-bond acceptors (Lipinski definition) is 6. The van der Waals surface area contributed by atoms with Crippen LogP contribution in [0.15, 0.2) is 60.8 Å². The van der Waals surface area contributed by atoms with E-state index in [1.165, 1.54) is 212 Å². The van der Waals surface area contributed by atoms with E-state index in [-0.39, 0.29) is 31.1 Å². The zero-order valence-electron chi connectivity index (χ0n) is 50.1. The lowest BCUT2D eigenvalue weighted by atomic mass is 10.0. The molecule has 6 heteroatoms. The van der Waals surface area contributed by atoms with E-state index in [2.05, 4.69) is 81.5 Å². The predicted molar refractivity (Wildman–Crippen MR) is 325 cm³/mol. The summed E-state index contributed by atoms with van der Waals surface area (Å²) in [4.78, 5) is 38.2. The molecule has 0 spiro atoms. The predicted octanol–water partition coefficient (Wildman–Crippen LogP) is 22.3. The van der Waals surface area contributed by atoms with Gasteiger partial charge in [-0.3, -0.25) is 14.4 Å². The lowest BCUT2D eigenvalue weighted by Gasteiger charge is -2.18. The Morgan fingerprint density at radius 1 is 0.280 bits per heavy atom. The Hall–Kier alpha value is -2.89. The third kappa shape index (κ3) is 61.8. The molecule has 0 rings (SSSR count). The van der Waals surface area contributed by atoms with E-state index in [4.69, 9.17) is 14.2 Å². The summed E-state index contributed by atoms with van der Waals surface area (Å²) in [5.41, 5.74) is 0. The molecule has 0 N–H and O–H groups in total. The van der Waals surface area contributed by atoms with Crippen LogP contribution in [0.4, 0.5) is 0 Å². The monoisotopic (exact) mass is 1050 g/mol. The smallest absolute Gasteiger partial charge is 0.306 e. The minimum Gasteiger partial charge on any atom is -0.462 e.